The van der Waals surface area contributed by atoms with Gasteiger partial charge in [0.2, 0.25) is 0 Å². The van der Waals surface area contributed by atoms with Crippen LogP contribution in [0.3, 0.4) is 0 Å². The molecule has 1 heterocycles. The van der Waals surface area contributed by atoms with Gasteiger partial charge < -0.3 is 4.84 Å². The van der Waals surface area contributed by atoms with Gasteiger partial charge in [-0.3, -0.25) is 9.59 Å². The first-order valence-electron chi connectivity index (χ1n) is 6.60. The zero-order chi connectivity index (χ0) is 15.5. The minimum absolute atomic E-state index is 0.229. The number of carbonyl (C=O) groups is 3. The maximum absolute atomic E-state index is 12.0. The Balaban J connectivity index is 1.72. The molecule has 1 aliphatic rings. The molecule has 0 saturated heterocycles. The third-order valence-corrected chi connectivity index (χ3v) is 3.15. The summed E-state index contributed by atoms with van der Waals surface area (Å²) >= 11 is 0. The Hall–Kier alpha value is -3.21. The molecule has 0 radical (unpaired) electrons. The van der Waals surface area contributed by atoms with E-state index in [9.17, 15) is 14.4 Å². The molecule has 3 rings (SSSR count). The predicted octanol–water partition coefficient (Wildman–Crippen LogP) is 2.45. The van der Waals surface area contributed by atoms with E-state index in [1.807, 2.05) is 30.3 Å². The maximum Gasteiger partial charge on any atom is 0.356 e. The molecule has 108 valence electrons. The molecule has 2 amide bonds. The molecular formula is C17H11NO4. The molecule has 0 unspecified atom stereocenters. The Morgan fingerprint density at radius 1 is 0.864 bits per heavy atom. The van der Waals surface area contributed by atoms with E-state index in [-0.39, 0.29) is 11.1 Å². The number of hydrogen-bond donors (Lipinski definition) is 0. The molecule has 0 atom stereocenters. The summed E-state index contributed by atoms with van der Waals surface area (Å²) in [5, 5.41) is 0.488. The van der Waals surface area contributed by atoms with Crippen LogP contribution in [0.1, 0.15) is 26.3 Å². The van der Waals surface area contributed by atoms with Crippen molar-refractivity contribution in [1.82, 2.24) is 5.06 Å². The van der Waals surface area contributed by atoms with Crippen molar-refractivity contribution in [3.63, 3.8) is 0 Å². The molecule has 5 heteroatoms. The van der Waals surface area contributed by atoms with Crippen molar-refractivity contribution < 1.29 is 19.2 Å². The Morgan fingerprint density at radius 3 is 2.00 bits per heavy atom. The van der Waals surface area contributed by atoms with Crippen molar-refractivity contribution in [3.05, 3.63) is 77.4 Å². The fourth-order valence-corrected chi connectivity index (χ4v) is 2.10. The molecule has 0 N–H and O–H groups in total. The third-order valence-electron chi connectivity index (χ3n) is 3.15. The van der Waals surface area contributed by atoms with E-state index in [0.717, 1.165) is 5.56 Å². The summed E-state index contributed by atoms with van der Waals surface area (Å²) in [6, 6.07) is 15.5. The van der Waals surface area contributed by atoms with Gasteiger partial charge >= 0.3 is 5.97 Å². The Morgan fingerprint density at radius 2 is 1.41 bits per heavy atom. The standard InChI is InChI=1S/C17H11NO4/c19-15(11-10-12-6-2-1-3-7-12)22-18-16(20)13-8-4-5-9-14(13)17(18)21/h1-11H/b11-10-. The lowest BCUT2D eigenvalue weighted by Gasteiger charge is -2.10. The van der Waals surface area contributed by atoms with E-state index >= 15 is 0 Å². The van der Waals surface area contributed by atoms with Gasteiger partial charge in [0.25, 0.3) is 11.8 Å². The number of fused-ring (bicyclic) bond motifs is 1. The van der Waals surface area contributed by atoms with Gasteiger partial charge in [-0.15, -0.1) is 0 Å². The molecule has 22 heavy (non-hydrogen) atoms. The van der Waals surface area contributed by atoms with Gasteiger partial charge in [-0.05, 0) is 23.8 Å². The molecule has 0 saturated carbocycles. The molecule has 0 spiro atoms. The van der Waals surface area contributed by atoms with Crippen LogP contribution in [0, 0.1) is 0 Å². The van der Waals surface area contributed by atoms with Gasteiger partial charge in [0.05, 0.1) is 11.1 Å². The zero-order valence-corrected chi connectivity index (χ0v) is 11.4. The second kappa shape index (κ2) is 5.65. The summed E-state index contributed by atoms with van der Waals surface area (Å²) in [5.41, 5.74) is 1.27. The smallest absolute Gasteiger partial charge is 0.325 e. The van der Waals surface area contributed by atoms with Crippen LogP contribution in [0.15, 0.2) is 60.7 Å². The van der Waals surface area contributed by atoms with Crippen LogP contribution in [0.5, 0.6) is 0 Å². The predicted molar refractivity (Wildman–Crippen MR) is 78.5 cm³/mol. The average molecular weight is 293 g/mol. The first-order valence-corrected chi connectivity index (χ1v) is 6.60. The van der Waals surface area contributed by atoms with Gasteiger partial charge in [-0.1, -0.05) is 47.5 Å². The molecule has 0 bridgehead atoms. The van der Waals surface area contributed by atoms with Gasteiger partial charge in [0.1, 0.15) is 0 Å². The Kier molecular flexibility index (Phi) is 3.53. The number of amides is 2. The summed E-state index contributed by atoms with van der Waals surface area (Å²) in [7, 11) is 0. The maximum atomic E-state index is 12.0. The molecular weight excluding hydrogens is 282 g/mol. The fourth-order valence-electron chi connectivity index (χ4n) is 2.10. The van der Waals surface area contributed by atoms with Crippen molar-refractivity contribution >= 4 is 23.9 Å². The number of hydroxylamine groups is 2. The van der Waals surface area contributed by atoms with E-state index in [2.05, 4.69) is 0 Å². The first-order chi connectivity index (χ1) is 10.7. The van der Waals surface area contributed by atoms with Crippen LogP contribution < -0.4 is 0 Å². The van der Waals surface area contributed by atoms with E-state index in [1.165, 1.54) is 18.2 Å². The SMILES string of the molecule is O=C(/C=C\c1ccccc1)ON1C(=O)c2ccccc2C1=O. The van der Waals surface area contributed by atoms with Crippen molar-refractivity contribution in [1.29, 1.82) is 0 Å². The van der Waals surface area contributed by atoms with Gasteiger partial charge in [0, 0.05) is 6.08 Å². The summed E-state index contributed by atoms with van der Waals surface area (Å²) in [4.78, 5) is 40.6. The van der Waals surface area contributed by atoms with Crippen LogP contribution in [-0.2, 0) is 9.63 Å². The second-order valence-electron chi connectivity index (χ2n) is 4.60. The first kappa shape index (κ1) is 13.8. The lowest BCUT2D eigenvalue weighted by molar-refractivity contribution is -0.161. The van der Waals surface area contributed by atoms with Crippen LogP contribution >= 0.6 is 0 Å². The summed E-state index contributed by atoms with van der Waals surface area (Å²) in [6.45, 7) is 0. The number of benzene rings is 2. The lowest BCUT2D eigenvalue weighted by atomic mass is 10.1. The molecule has 0 aliphatic carbocycles. The third kappa shape index (κ3) is 2.52. The molecule has 2 aromatic carbocycles. The summed E-state index contributed by atoms with van der Waals surface area (Å²) in [5.74, 6) is -2.07. The monoisotopic (exact) mass is 293 g/mol. The molecule has 5 nitrogen and oxygen atoms in total. The van der Waals surface area contributed by atoms with Crippen LogP contribution in [-0.4, -0.2) is 22.8 Å². The lowest BCUT2D eigenvalue weighted by Crippen LogP contribution is -2.32. The number of hydrogen-bond acceptors (Lipinski definition) is 4. The van der Waals surface area contributed by atoms with E-state index in [4.69, 9.17) is 4.84 Å². The van der Waals surface area contributed by atoms with Gasteiger partial charge in [0.15, 0.2) is 0 Å². The van der Waals surface area contributed by atoms with Crippen LogP contribution in [0.4, 0.5) is 0 Å². The average Bonchev–Trinajstić information content (AvgIpc) is 2.79. The van der Waals surface area contributed by atoms with Crippen molar-refractivity contribution in [3.8, 4) is 0 Å². The minimum Gasteiger partial charge on any atom is -0.325 e. The number of rotatable bonds is 3. The number of imide groups is 1. The highest BCUT2D eigenvalue weighted by atomic mass is 16.7. The van der Waals surface area contributed by atoms with Crippen LogP contribution in [0.2, 0.25) is 0 Å². The highest BCUT2D eigenvalue weighted by molar-refractivity contribution is 6.21. The van der Waals surface area contributed by atoms with E-state index < -0.39 is 17.8 Å². The minimum atomic E-state index is -0.793. The zero-order valence-electron chi connectivity index (χ0n) is 11.4. The largest absolute Gasteiger partial charge is 0.356 e. The topological polar surface area (TPSA) is 63.7 Å². The van der Waals surface area contributed by atoms with E-state index in [1.54, 1.807) is 18.2 Å². The van der Waals surface area contributed by atoms with Crippen molar-refractivity contribution in [2.24, 2.45) is 0 Å². The van der Waals surface area contributed by atoms with Gasteiger partial charge in [-0.25, -0.2) is 4.79 Å². The van der Waals surface area contributed by atoms with Crippen LogP contribution in [0.25, 0.3) is 6.08 Å². The fraction of sp³-hybridized carbons (Fsp3) is 0. The van der Waals surface area contributed by atoms with E-state index in [0.29, 0.717) is 5.06 Å². The van der Waals surface area contributed by atoms with Crippen molar-refractivity contribution in [2.45, 2.75) is 0 Å². The highest BCUT2D eigenvalue weighted by Gasteiger charge is 2.38. The molecule has 0 fully saturated rings. The quantitative estimate of drug-likeness (QED) is 0.644. The highest BCUT2D eigenvalue weighted by Crippen LogP contribution is 2.22. The Bertz CT molecular complexity index is 745. The molecule has 2 aromatic rings. The number of carbonyl (C=O) groups excluding carboxylic acids is 3. The van der Waals surface area contributed by atoms with Crippen molar-refractivity contribution in [2.75, 3.05) is 0 Å². The Labute approximate surface area is 126 Å². The number of nitrogens with zero attached hydrogens (tertiary/aromatic N) is 1. The molecule has 0 aromatic heterocycles. The summed E-state index contributed by atoms with van der Waals surface area (Å²) < 4.78 is 0. The second-order valence-corrected chi connectivity index (χ2v) is 4.60. The normalized spacial score (nSPS) is 13.5. The summed E-state index contributed by atoms with van der Waals surface area (Å²) in [6.07, 6.45) is 2.71. The molecule has 1 aliphatic heterocycles. The van der Waals surface area contributed by atoms with Gasteiger partial charge in [-0.2, -0.15) is 0 Å².